The number of carbonyl (C=O) groups is 1. The fourth-order valence-electron chi connectivity index (χ4n) is 3.10. The summed E-state index contributed by atoms with van der Waals surface area (Å²) < 4.78 is 16.2. The number of nitrogens with one attached hydrogen (secondary N) is 1. The fourth-order valence-corrected chi connectivity index (χ4v) is 3.43. The zero-order valence-electron chi connectivity index (χ0n) is 14.8. The molecule has 1 aromatic heterocycles. The Labute approximate surface area is 164 Å². The van der Waals surface area contributed by atoms with Crippen molar-refractivity contribution in [3.63, 3.8) is 0 Å². The van der Waals surface area contributed by atoms with Crippen molar-refractivity contribution in [3.8, 4) is 0 Å². The van der Waals surface area contributed by atoms with E-state index < -0.39 is 5.82 Å². The molecule has 1 aromatic carbocycles. The highest BCUT2D eigenvalue weighted by atomic mass is 79.9. The maximum atomic E-state index is 14.3. The Bertz CT molecular complexity index is 971. The second kappa shape index (κ2) is 7.09. The molecule has 1 amide bonds. The molecule has 1 N–H and O–H groups in total. The Morgan fingerprint density at radius 1 is 1.30 bits per heavy atom. The second-order valence-corrected chi connectivity index (χ2v) is 7.85. The van der Waals surface area contributed by atoms with Crippen LogP contribution in [0.5, 0.6) is 0 Å². The molecular formula is C19H19BrFN3O3. The number of amides is 1. The van der Waals surface area contributed by atoms with E-state index in [9.17, 15) is 14.0 Å². The van der Waals surface area contributed by atoms with Gasteiger partial charge in [-0.1, -0.05) is 15.9 Å². The van der Waals surface area contributed by atoms with E-state index in [-0.39, 0.29) is 23.0 Å². The molecule has 0 radical (unpaired) electrons. The monoisotopic (exact) mass is 435 g/mol. The highest BCUT2D eigenvalue weighted by Crippen LogP contribution is 2.32. The van der Waals surface area contributed by atoms with E-state index in [2.05, 4.69) is 21.2 Å². The molecule has 1 saturated carbocycles. The molecule has 2 aliphatic rings. The number of anilines is 2. The maximum absolute atomic E-state index is 14.3. The summed E-state index contributed by atoms with van der Waals surface area (Å²) in [6.45, 7) is 0.925. The minimum Gasteiger partial charge on any atom is -0.338 e. The Balaban J connectivity index is 1.71. The molecule has 0 atom stereocenters. The van der Waals surface area contributed by atoms with E-state index in [4.69, 9.17) is 4.84 Å². The van der Waals surface area contributed by atoms with Crippen LogP contribution in [-0.4, -0.2) is 28.7 Å². The van der Waals surface area contributed by atoms with Crippen molar-refractivity contribution in [2.24, 2.45) is 13.0 Å². The van der Waals surface area contributed by atoms with Gasteiger partial charge in [0.15, 0.2) is 0 Å². The molecule has 27 heavy (non-hydrogen) atoms. The topological polar surface area (TPSA) is 63.6 Å². The summed E-state index contributed by atoms with van der Waals surface area (Å²) in [6.07, 6.45) is 2.77. The summed E-state index contributed by atoms with van der Waals surface area (Å²) >= 11 is 3.22. The molecule has 1 aliphatic carbocycles. The SMILES string of the molecule is Cn1c(Nc2ccc(Br)cc2F)c2c(cc1=O)CCN(OCC1CC1)C2=O. The minimum absolute atomic E-state index is 0.186. The second-order valence-electron chi connectivity index (χ2n) is 6.94. The summed E-state index contributed by atoms with van der Waals surface area (Å²) in [6, 6.07) is 6.03. The molecule has 2 aromatic rings. The van der Waals surface area contributed by atoms with Crippen LogP contribution < -0.4 is 10.9 Å². The van der Waals surface area contributed by atoms with Crippen LogP contribution in [0.4, 0.5) is 15.9 Å². The van der Waals surface area contributed by atoms with Crippen molar-refractivity contribution in [2.75, 3.05) is 18.5 Å². The van der Waals surface area contributed by atoms with Gasteiger partial charge in [0, 0.05) is 17.6 Å². The summed E-state index contributed by atoms with van der Waals surface area (Å²) in [5.74, 6) is -0.00993. The number of hydrogen-bond donors (Lipinski definition) is 1. The summed E-state index contributed by atoms with van der Waals surface area (Å²) in [7, 11) is 1.55. The minimum atomic E-state index is -0.487. The van der Waals surface area contributed by atoms with Crippen molar-refractivity contribution >= 4 is 33.3 Å². The lowest BCUT2D eigenvalue weighted by molar-refractivity contribution is -0.128. The zero-order valence-corrected chi connectivity index (χ0v) is 16.4. The molecule has 2 heterocycles. The van der Waals surface area contributed by atoms with Gasteiger partial charge in [-0.2, -0.15) is 0 Å². The third-order valence-electron chi connectivity index (χ3n) is 4.89. The highest BCUT2D eigenvalue weighted by Gasteiger charge is 2.32. The first-order valence-corrected chi connectivity index (χ1v) is 9.63. The fraction of sp³-hybridized carbons (Fsp3) is 0.368. The number of hydrogen-bond acceptors (Lipinski definition) is 4. The Morgan fingerprint density at radius 3 is 2.78 bits per heavy atom. The third kappa shape index (κ3) is 3.64. The normalized spacial score (nSPS) is 16.4. The van der Waals surface area contributed by atoms with Gasteiger partial charge in [-0.15, -0.1) is 0 Å². The quantitative estimate of drug-likeness (QED) is 0.781. The van der Waals surface area contributed by atoms with E-state index >= 15 is 0 Å². The largest absolute Gasteiger partial charge is 0.338 e. The number of pyridine rings is 1. The first-order valence-electron chi connectivity index (χ1n) is 8.84. The van der Waals surface area contributed by atoms with Gasteiger partial charge in [0.2, 0.25) is 0 Å². The first-order chi connectivity index (χ1) is 12.9. The van der Waals surface area contributed by atoms with Crippen molar-refractivity contribution in [1.29, 1.82) is 0 Å². The van der Waals surface area contributed by atoms with Gasteiger partial charge in [0.1, 0.15) is 11.6 Å². The molecule has 0 spiro atoms. The number of benzene rings is 1. The van der Waals surface area contributed by atoms with Gasteiger partial charge < -0.3 is 5.32 Å². The maximum Gasteiger partial charge on any atom is 0.281 e. The van der Waals surface area contributed by atoms with Crippen LogP contribution in [0.1, 0.15) is 28.8 Å². The predicted molar refractivity (Wildman–Crippen MR) is 102 cm³/mol. The molecule has 142 valence electrons. The molecule has 0 unspecified atom stereocenters. The van der Waals surface area contributed by atoms with E-state index in [1.165, 1.54) is 21.8 Å². The van der Waals surface area contributed by atoms with Crippen molar-refractivity contribution in [1.82, 2.24) is 9.63 Å². The molecule has 1 fully saturated rings. The smallest absolute Gasteiger partial charge is 0.281 e. The lowest BCUT2D eigenvalue weighted by Crippen LogP contribution is -2.40. The van der Waals surface area contributed by atoms with E-state index in [1.807, 2.05) is 0 Å². The van der Waals surface area contributed by atoms with Crippen molar-refractivity contribution in [2.45, 2.75) is 19.3 Å². The summed E-state index contributed by atoms with van der Waals surface area (Å²) in [5, 5.41) is 4.28. The summed E-state index contributed by atoms with van der Waals surface area (Å²) in [5.41, 5.74) is 0.926. The highest BCUT2D eigenvalue weighted by molar-refractivity contribution is 9.10. The average Bonchev–Trinajstić information content (AvgIpc) is 3.44. The van der Waals surface area contributed by atoms with Crippen LogP contribution in [0.2, 0.25) is 0 Å². The third-order valence-corrected chi connectivity index (χ3v) is 5.39. The number of halogens is 2. The van der Waals surface area contributed by atoms with E-state index in [1.54, 1.807) is 19.2 Å². The van der Waals surface area contributed by atoms with Gasteiger partial charge in [-0.05, 0) is 48.9 Å². The lowest BCUT2D eigenvalue weighted by atomic mass is 10.0. The number of nitrogens with zero attached hydrogens (tertiary/aromatic N) is 2. The van der Waals surface area contributed by atoms with Gasteiger partial charge in [0.25, 0.3) is 11.5 Å². The van der Waals surface area contributed by atoms with E-state index in [0.29, 0.717) is 41.1 Å². The van der Waals surface area contributed by atoms with Crippen LogP contribution in [0.25, 0.3) is 0 Å². The zero-order chi connectivity index (χ0) is 19.1. The molecule has 0 bridgehead atoms. The van der Waals surface area contributed by atoms with E-state index in [0.717, 1.165) is 12.8 Å². The Kier molecular flexibility index (Phi) is 4.77. The molecule has 4 rings (SSSR count). The molecule has 0 saturated heterocycles. The standard InChI is InChI=1S/C19H19BrFN3O3/c1-23-16(25)8-12-6-7-24(27-10-11-2-3-11)19(26)17(12)18(23)22-15-5-4-13(20)9-14(15)21/h4-5,8-9,11,22H,2-3,6-7,10H2,1H3. The van der Waals surface area contributed by atoms with Crippen LogP contribution in [0.15, 0.2) is 33.5 Å². The molecule has 8 heteroatoms. The average molecular weight is 436 g/mol. The first kappa shape index (κ1) is 18.2. The Hall–Kier alpha value is -2.19. The molecule has 1 aliphatic heterocycles. The van der Waals surface area contributed by atoms with Crippen LogP contribution in [0.3, 0.4) is 0 Å². The molecule has 6 nitrogen and oxygen atoms in total. The summed E-state index contributed by atoms with van der Waals surface area (Å²) in [4.78, 5) is 31.0. The van der Waals surface area contributed by atoms with Crippen LogP contribution in [0, 0.1) is 11.7 Å². The van der Waals surface area contributed by atoms with Gasteiger partial charge in [0.05, 0.1) is 24.4 Å². The Morgan fingerprint density at radius 2 is 2.07 bits per heavy atom. The van der Waals surface area contributed by atoms with Crippen LogP contribution in [-0.2, 0) is 18.3 Å². The number of rotatable bonds is 5. The number of aromatic nitrogens is 1. The number of carbonyl (C=O) groups excluding carboxylic acids is 1. The van der Waals surface area contributed by atoms with Gasteiger partial charge in [-0.25, -0.2) is 9.45 Å². The number of fused-ring (bicyclic) bond motifs is 1. The van der Waals surface area contributed by atoms with Gasteiger partial charge in [-0.3, -0.25) is 19.0 Å². The lowest BCUT2D eigenvalue weighted by Gasteiger charge is -2.29. The van der Waals surface area contributed by atoms with Gasteiger partial charge >= 0.3 is 0 Å². The van der Waals surface area contributed by atoms with Crippen LogP contribution >= 0.6 is 15.9 Å². The molecular weight excluding hydrogens is 417 g/mol. The van der Waals surface area contributed by atoms with Crippen molar-refractivity contribution in [3.05, 3.63) is 56.0 Å². The van der Waals surface area contributed by atoms with Crippen molar-refractivity contribution < 1.29 is 14.0 Å². The predicted octanol–water partition coefficient (Wildman–Crippen LogP) is 3.37. The number of hydroxylamine groups is 2.